The van der Waals surface area contributed by atoms with Gasteiger partial charge in [-0.2, -0.15) is 0 Å². The summed E-state index contributed by atoms with van der Waals surface area (Å²) in [6.07, 6.45) is 79.2. The topological polar surface area (TPSA) is 78.9 Å². The van der Waals surface area contributed by atoms with Crippen LogP contribution in [0.2, 0.25) is 0 Å². The molecule has 0 rings (SSSR count). The molecule has 0 spiro atoms. The molecular weight excluding hydrogens is 937 g/mol. The van der Waals surface area contributed by atoms with Crippen LogP contribution in [0.1, 0.15) is 387 Å². The zero-order valence-corrected chi connectivity index (χ0v) is 51.6. The van der Waals surface area contributed by atoms with Gasteiger partial charge in [0.2, 0.25) is 0 Å². The SMILES string of the molecule is CCCCCC/C=C\C/C=C\CCCCCCCC(=O)OC(COC(=O)CCCCCCCCCCCCCCCCC)COC(=O)CCCCCCCCCCCCCCCCCCCCCCCCCCCCC. The third-order valence-corrected chi connectivity index (χ3v) is 15.7. The fourth-order valence-corrected chi connectivity index (χ4v) is 10.5. The summed E-state index contributed by atoms with van der Waals surface area (Å²) in [5.41, 5.74) is 0. The van der Waals surface area contributed by atoms with E-state index in [-0.39, 0.29) is 31.1 Å². The predicted molar refractivity (Wildman–Crippen MR) is 330 cm³/mol. The average Bonchev–Trinajstić information content (AvgIpc) is 3.42. The van der Waals surface area contributed by atoms with Crippen molar-refractivity contribution in [3.05, 3.63) is 24.3 Å². The van der Waals surface area contributed by atoms with Gasteiger partial charge in [0.25, 0.3) is 0 Å². The lowest BCUT2D eigenvalue weighted by Crippen LogP contribution is -2.30. The van der Waals surface area contributed by atoms with Crippen LogP contribution in [0.3, 0.4) is 0 Å². The predicted octanol–water partition coefficient (Wildman–Crippen LogP) is 23.4. The highest BCUT2D eigenvalue weighted by molar-refractivity contribution is 5.71. The van der Waals surface area contributed by atoms with Crippen molar-refractivity contribution in [2.24, 2.45) is 0 Å². The second kappa shape index (κ2) is 65.4. The first-order valence-corrected chi connectivity index (χ1v) is 34.3. The van der Waals surface area contributed by atoms with Gasteiger partial charge < -0.3 is 14.2 Å². The number of hydrogen-bond donors (Lipinski definition) is 0. The van der Waals surface area contributed by atoms with Crippen molar-refractivity contribution in [2.45, 2.75) is 393 Å². The van der Waals surface area contributed by atoms with E-state index in [2.05, 4.69) is 45.1 Å². The third kappa shape index (κ3) is 62.7. The van der Waals surface area contributed by atoms with E-state index in [1.165, 1.54) is 270 Å². The molecular formula is C70H132O6. The molecule has 0 heterocycles. The van der Waals surface area contributed by atoms with E-state index >= 15 is 0 Å². The smallest absolute Gasteiger partial charge is 0.306 e. The maximum atomic E-state index is 12.9. The Morgan fingerprint density at radius 2 is 0.474 bits per heavy atom. The van der Waals surface area contributed by atoms with E-state index in [1.807, 2.05) is 0 Å². The molecule has 0 bridgehead atoms. The number of rotatable bonds is 64. The quantitative estimate of drug-likeness (QED) is 0.0261. The maximum absolute atomic E-state index is 12.9. The number of allylic oxidation sites excluding steroid dienone is 4. The molecule has 0 aliphatic carbocycles. The fourth-order valence-electron chi connectivity index (χ4n) is 10.5. The number of carbonyl (C=O) groups is 3. The summed E-state index contributed by atoms with van der Waals surface area (Å²) in [4.78, 5) is 38.3. The highest BCUT2D eigenvalue weighted by atomic mass is 16.6. The number of unbranched alkanes of at least 4 members (excludes halogenated alkanes) is 49. The van der Waals surface area contributed by atoms with Crippen molar-refractivity contribution in [1.82, 2.24) is 0 Å². The van der Waals surface area contributed by atoms with Crippen LogP contribution in [0, 0.1) is 0 Å². The molecule has 76 heavy (non-hydrogen) atoms. The van der Waals surface area contributed by atoms with Crippen LogP contribution in [0.15, 0.2) is 24.3 Å². The van der Waals surface area contributed by atoms with E-state index in [1.54, 1.807) is 0 Å². The van der Waals surface area contributed by atoms with Crippen molar-refractivity contribution in [3.63, 3.8) is 0 Å². The third-order valence-electron chi connectivity index (χ3n) is 15.7. The van der Waals surface area contributed by atoms with Crippen molar-refractivity contribution in [1.29, 1.82) is 0 Å². The highest BCUT2D eigenvalue weighted by Crippen LogP contribution is 2.19. The molecule has 0 aliphatic heterocycles. The van der Waals surface area contributed by atoms with Crippen molar-refractivity contribution in [2.75, 3.05) is 13.2 Å². The van der Waals surface area contributed by atoms with Gasteiger partial charge in [-0.25, -0.2) is 0 Å². The van der Waals surface area contributed by atoms with E-state index in [0.29, 0.717) is 19.3 Å². The first-order valence-electron chi connectivity index (χ1n) is 34.3. The van der Waals surface area contributed by atoms with Gasteiger partial charge >= 0.3 is 17.9 Å². The van der Waals surface area contributed by atoms with Crippen LogP contribution in [-0.4, -0.2) is 37.2 Å². The first-order chi connectivity index (χ1) is 37.5. The standard InChI is InChI=1S/C70H132O6/c1-4-7-10-13-16-19-22-25-28-30-31-32-33-34-35-36-37-38-39-40-43-45-48-51-54-57-60-63-69(72)75-66-67(65-74-68(71)62-59-56-53-50-47-44-41-27-24-21-18-15-12-9-6-3)76-70(73)64-61-58-55-52-49-46-42-29-26-23-20-17-14-11-8-5-2/h20,23,29,42,67H,4-19,21-22,24-28,30-41,43-66H2,1-3H3/b23-20-,42-29-. The van der Waals surface area contributed by atoms with Crippen LogP contribution >= 0.6 is 0 Å². The van der Waals surface area contributed by atoms with Crippen LogP contribution in [-0.2, 0) is 28.6 Å². The summed E-state index contributed by atoms with van der Waals surface area (Å²) < 4.78 is 17.0. The number of ether oxygens (including phenoxy) is 3. The molecule has 1 unspecified atom stereocenters. The Hall–Kier alpha value is -2.11. The Balaban J connectivity index is 4.21. The van der Waals surface area contributed by atoms with Crippen LogP contribution in [0.4, 0.5) is 0 Å². The summed E-state index contributed by atoms with van der Waals surface area (Å²) in [6.45, 7) is 6.69. The second-order valence-electron chi connectivity index (χ2n) is 23.5. The summed E-state index contributed by atoms with van der Waals surface area (Å²) in [6, 6.07) is 0. The Bertz CT molecular complexity index is 1230. The van der Waals surface area contributed by atoms with Gasteiger partial charge in [0.1, 0.15) is 13.2 Å². The molecule has 0 fully saturated rings. The Kier molecular flexibility index (Phi) is 63.6. The normalized spacial score (nSPS) is 12.1. The lowest BCUT2D eigenvalue weighted by molar-refractivity contribution is -0.167. The van der Waals surface area contributed by atoms with Gasteiger partial charge in [-0.15, -0.1) is 0 Å². The molecule has 6 heteroatoms. The van der Waals surface area contributed by atoms with Crippen molar-refractivity contribution >= 4 is 17.9 Å². The summed E-state index contributed by atoms with van der Waals surface area (Å²) >= 11 is 0. The molecule has 0 aromatic heterocycles. The number of carbonyl (C=O) groups excluding carboxylic acids is 3. The Morgan fingerprint density at radius 3 is 0.737 bits per heavy atom. The lowest BCUT2D eigenvalue weighted by atomic mass is 10.0. The number of hydrogen-bond acceptors (Lipinski definition) is 6. The molecule has 0 N–H and O–H groups in total. The fraction of sp³-hybridized carbons (Fsp3) is 0.900. The van der Waals surface area contributed by atoms with E-state index in [4.69, 9.17) is 14.2 Å². The van der Waals surface area contributed by atoms with Gasteiger partial charge in [-0.1, -0.05) is 340 Å². The van der Waals surface area contributed by atoms with Gasteiger partial charge in [0, 0.05) is 19.3 Å². The minimum absolute atomic E-state index is 0.0708. The lowest BCUT2D eigenvalue weighted by Gasteiger charge is -2.18. The van der Waals surface area contributed by atoms with Gasteiger partial charge in [-0.05, 0) is 51.4 Å². The molecule has 0 aliphatic rings. The zero-order chi connectivity index (χ0) is 55.0. The Morgan fingerprint density at radius 1 is 0.263 bits per heavy atom. The minimum atomic E-state index is -0.775. The molecule has 1 atom stereocenters. The number of esters is 3. The largest absolute Gasteiger partial charge is 0.462 e. The summed E-state index contributed by atoms with van der Waals surface area (Å²) in [7, 11) is 0. The van der Waals surface area contributed by atoms with E-state index < -0.39 is 6.10 Å². The molecule has 0 aromatic carbocycles. The van der Waals surface area contributed by atoms with Crippen molar-refractivity contribution in [3.8, 4) is 0 Å². The van der Waals surface area contributed by atoms with Gasteiger partial charge in [-0.3, -0.25) is 14.4 Å². The summed E-state index contributed by atoms with van der Waals surface area (Å²) in [5.74, 6) is -0.854. The first kappa shape index (κ1) is 73.9. The molecule has 448 valence electrons. The van der Waals surface area contributed by atoms with Crippen molar-refractivity contribution < 1.29 is 28.6 Å². The van der Waals surface area contributed by atoms with Crippen LogP contribution < -0.4 is 0 Å². The maximum Gasteiger partial charge on any atom is 0.306 e. The minimum Gasteiger partial charge on any atom is -0.462 e. The van der Waals surface area contributed by atoms with Crippen LogP contribution in [0.25, 0.3) is 0 Å². The molecule has 0 saturated carbocycles. The molecule has 0 radical (unpaired) electrons. The highest BCUT2D eigenvalue weighted by Gasteiger charge is 2.19. The average molecular weight is 1070 g/mol. The zero-order valence-electron chi connectivity index (χ0n) is 51.6. The monoisotopic (exact) mass is 1070 g/mol. The van der Waals surface area contributed by atoms with Crippen LogP contribution in [0.5, 0.6) is 0 Å². The molecule has 0 aromatic rings. The second-order valence-corrected chi connectivity index (χ2v) is 23.5. The van der Waals surface area contributed by atoms with E-state index in [0.717, 1.165) is 77.0 Å². The van der Waals surface area contributed by atoms with Gasteiger partial charge in [0.05, 0.1) is 0 Å². The van der Waals surface area contributed by atoms with Gasteiger partial charge in [0.15, 0.2) is 6.10 Å². The summed E-state index contributed by atoms with van der Waals surface area (Å²) in [5, 5.41) is 0. The molecule has 6 nitrogen and oxygen atoms in total. The van der Waals surface area contributed by atoms with E-state index in [9.17, 15) is 14.4 Å². The molecule has 0 saturated heterocycles. The molecule has 0 amide bonds. The Labute approximate surface area is 474 Å².